The predicted molar refractivity (Wildman–Crippen MR) is 68.8 cm³/mol. The van der Waals surface area contributed by atoms with E-state index in [4.69, 9.17) is 14.0 Å². The summed E-state index contributed by atoms with van der Waals surface area (Å²) in [7, 11) is 1.66. The van der Waals surface area contributed by atoms with Crippen LogP contribution in [0, 0.1) is 0 Å². The quantitative estimate of drug-likeness (QED) is 0.900. The minimum atomic E-state index is 0.00655. The average molecular weight is 261 g/mol. The number of benzene rings is 1. The summed E-state index contributed by atoms with van der Waals surface area (Å²) < 4.78 is 15.8. The van der Waals surface area contributed by atoms with Crippen LogP contribution >= 0.6 is 0 Å². The minimum absolute atomic E-state index is 0.00655. The van der Waals surface area contributed by atoms with Crippen molar-refractivity contribution in [3.8, 4) is 11.4 Å². The lowest BCUT2D eigenvalue weighted by molar-refractivity contribution is 0.0792. The van der Waals surface area contributed by atoms with Crippen molar-refractivity contribution < 1.29 is 14.0 Å². The molecule has 2 aromatic rings. The van der Waals surface area contributed by atoms with E-state index >= 15 is 0 Å². The van der Waals surface area contributed by atoms with Crippen LogP contribution in [0.25, 0.3) is 11.4 Å². The van der Waals surface area contributed by atoms with E-state index in [0.717, 1.165) is 5.56 Å². The molecule has 0 aliphatic carbocycles. The summed E-state index contributed by atoms with van der Waals surface area (Å²) in [5.74, 6) is 0.566. The van der Waals surface area contributed by atoms with Crippen LogP contribution < -0.4 is 5.32 Å². The van der Waals surface area contributed by atoms with Crippen molar-refractivity contribution in [2.24, 2.45) is 0 Å². The SMILES string of the molecule is CO[C@H]1COC[C@@H]1Nc1nc(-c2ccccc2)no1. The predicted octanol–water partition coefficient (Wildman–Crippen LogP) is 1.56. The maximum atomic E-state index is 5.35. The molecule has 1 N–H and O–H groups in total. The largest absolute Gasteiger partial charge is 0.377 e. The van der Waals surface area contributed by atoms with E-state index < -0.39 is 0 Å². The Labute approximate surface area is 110 Å². The Hall–Kier alpha value is -1.92. The summed E-state index contributed by atoms with van der Waals surface area (Å²) in [6.45, 7) is 1.15. The van der Waals surface area contributed by atoms with Crippen LogP contribution in [0.3, 0.4) is 0 Å². The second kappa shape index (κ2) is 5.38. The molecular weight excluding hydrogens is 246 g/mol. The lowest BCUT2D eigenvalue weighted by Gasteiger charge is -2.15. The molecule has 1 aliphatic heterocycles. The molecule has 1 saturated heterocycles. The molecule has 19 heavy (non-hydrogen) atoms. The molecule has 1 fully saturated rings. The van der Waals surface area contributed by atoms with Gasteiger partial charge in [-0.2, -0.15) is 4.98 Å². The number of ether oxygens (including phenoxy) is 2. The van der Waals surface area contributed by atoms with E-state index in [1.54, 1.807) is 7.11 Å². The van der Waals surface area contributed by atoms with Crippen molar-refractivity contribution >= 4 is 6.01 Å². The van der Waals surface area contributed by atoms with Gasteiger partial charge in [0.05, 0.1) is 19.3 Å². The van der Waals surface area contributed by atoms with E-state index in [1.807, 2.05) is 30.3 Å². The lowest BCUT2D eigenvalue weighted by atomic mass is 10.2. The number of aromatic nitrogens is 2. The fourth-order valence-electron chi connectivity index (χ4n) is 2.05. The van der Waals surface area contributed by atoms with Gasteiger partial charge in [0.25, 0.3) is 0 Å². The third-order valence-corrected chi connectivity index (χ3v) is 3.10. The van der Waals surface area contributed by atoms with Crippen molar-refractivity contribution in [3.05, 3.63) is 30.3 Å². The van der Waals surface area contributed by atoms with E-state index in [0.29, 0.717) is 25.1 Å². The van der Waals surface area contributed by atoms with Gasteiger partial charge in [0, 0.05) is 12.7 Å². The summed E-state index contributed by atoms with van der Waals surface area (Å²) in [6.07, 6.45) is 0.00655. The topological polar surface area (TPSA) is 69.4 Å². The van der Waals surface area contributed by atoms with Crippen molar-refractivity contribution in [1.29, 1.82) is 0 Å². The monoisotopic (exact) mass is 261 g/mol. The van der Waals surface area contributed by atoms with Gasteiger partial charge in [0.15, 0.2) is 0 Å². The average Bonchev–Trinajstić information content (AvgIpc) is 3.09. The zero-order valence-corrected chi connectivity index (χ0v) is 10.6. The van der Waals surface area contributed by atoms with Crippen LogP contribution in [0.5, 0.6) is 0 Å². The van der Waals surface area contributed by atoms with Crippen molar-refractivity contribution in [2.75, 3.05) is 25.6 Å². The lowest BCUT2D eigenvalue weighted by Crippen LogP contribution is -2.33. The highest BCUT2D eigenvalue weighted by Crippen LogP contribution is 2.19. The summed E-state index contributed by atoms with van der Waals surface area (Å²) >= 11 is 0. The smallest absolute Gasteiger partial charge is 0.322 e. The Balaban J connectivity index is 1.72. The van der Waals surface area contributed by atoms with Gasteiger partial charge >= 0.3 is 6.01 Å². The molecule has 2 atom stereocenters. The number of rotatable bonds is 4. The zero-order valence-electron chi connectivity index (χ0n) is 10.6. The maximum absolute atomic E-state index is 5.35. The first-order valence-corrected chi connectivity index (χ1v) is 6.13. The molecule has 1 aromatic carbocycles. The highest BCUT2D eigenvalue weighted by molar-refractivity contribution is 5.55. The second-order valence-electron chi connectivity index (χ2n) is 4.35. The third kappa shape index (κ3) is 2.59. The third-order valence-electron chi connectivity index (χ3n) is 3.10. The number of hydrogen-bond acceptors (Lipinski definition) is 6. The van der Waals surface area contributed by atoms with E-state index in [2.05, 4.69) is 15.5 Å². The maximum Gasteiger partial charge on any atom is 0.322 e. The number of hydrogen-bond donors (Lipinski definition) is 1. The van der Waals surface area contributed by atoms with Gasteiger partial charge < -0.3 is 19.3 Å². The van der Waals surface area contributed by atoms with Gasteiger partial charge in [-0.15, -0.1) is 0 Å². The molecule has 1 aliphatic rings. The first-order chi connectivity index (χ1) is 9.36. The van der Waals surface area contributed by atoms with Gasteiger partial charge in [0.2, 0.25) is 5.82 Å². The Morgan fingerprint density at radius 1 is 1.26 bits per heavy atom. The molecule has 2 heterocycles. The van der Waals surface area contributed by atoms with E-state index in [1.165, 1.54) is 0 Å². The zero-order chi connectivity index (χ0) is 13.1. The number of nitrogens with one attached hydrogen (secondary N) is 1. The number of nitrogens with zero attached hydrogens (tertiary/aromatic N) is 2. The highest BCUT2D eigenvalue weighted by Gasteiger charge is 2.29. The molecule has 1 aromatic heterocycles. The van der Waals surface area contributed by atoms with Gasteiger partial charge in [0.1, 0.15) is 6.10 Å². The van der Waals surface area contributed by atoms with E-state index in [9.17, 15) is 0 Å². The normalized spacial score (nSPS) is 22.6. The number of anilines is 1. The van der Waals surface area contributed by atoms with Crippen molar-refractivity contribution in [2.45, 2.75) is 12.1 Å². The molecule has 0 radical (unpaired) electrons. The van der Waals surface area contributed by atoms with Crippen LogP contribution in [0.2, 0.25) is 0 Å². The van der Waals surface area contributed by atoms with Crippen molar-refractivity contribution in [1.82, 2.24) is 10.1 Å². The van der Waals surface area contributed by atoms with Crippen LogP contribution in [0.15, 0.2) is 34.9 Å². The van der Waals surface area contributed by atoms with Gasteiger partial charge in [-0.25, -0.2) is 0 Å². The Kier molecular flexibility index (Phi) is 3.43. The fourth-order valence-corrected chi connectivity index (χ4v) is 2.05. The number of methoxy groups -OCH3 is 1. The molecule has 6 nitrogen and oxygen atoms in total. The van der Waals surface area contributed by atoms with Crippen molar-refractivity contribution in [3.63, 3.8) is 0 Å². The Bertz CT molecular complexity index is 529. The fraction of sp³-hybridized carbons (Fsp3) is 0.385. The summed E-state index contributed by atoms with van der Waals surface area (Å²) in [4.78, 5) is 4.31. The van der Waals surface area contributed by atoms with Gasteiger partial charge in [-0.3, -0.25) is 0 Å². The Morgan fingerprint density at radius 3 is 2.89 bits per heavy atom. The molecular formula is C13H15N3O3. The molecule has 3 rings (SSSR count). The van der Waals surface area contributed by atoms with Gasteiger partial charge in [-0.05, 0) is 0 Å². The first kappa shape index (κ1) is 12.1. The summed E-state index contributed by atoms with van der Waals surface area (Å²) in [5.41, 5.74) is 0.922. The molecule has 0 spiro atoms. The summed E-state index contributed by atoms with van der Waals surface area (Å²) in [6, 6.07) is 10.1. The van der Waals surface area contributed by atoms with Crippen LogP contribution in [-0.4, -0.2) is 42.6 Å². The second-order valence-corrected chi connectivity index (χ2v) is 4.35. The molecule has 0 unspecified atom stereocenters. The molecule has 0 bridgehead atoms. The first-order valence-electron chi connectivity index (χ1n) is 6.13. The minimum Gasteiger partial charge on any atom is -0.377 e. The summed E-state index contributed by atoms with van der Waals surface area (Å²) in [5, 5.41) is 7.09. The van der Waals surface area contributed by atoms with Crippen LogP contribution in [0.4, 0.5) is 6.01 Å². The Morgan fingerprint density at radius 2 is 2.11 bits per heavy atom. The highest BCUT2D eigenvalue weighted by atomic mass is 16.5. The molecule has 0 saturated carbocycles. The van der Waals surface area contributed by atoms with Crippen LogP contribution in [0.1, 0.15) is 0 Å². The van der Waals surface area contributed by atoms with E-state index in [-0.39, 0.29) is 12.1 Å². The molecule has 0 amide bonds. The molecule has 6 heteroatoms. The molecule has 100 valence electrons. The standard InChI is InChI=1S/C13H15N3O3/c1-17-11-8-18-7-10(11)14-13-15-12(16-19-13)9-5-3-2-4-6-9/h2-6,10-11H,7-8H2,1H3,(H,14,15,16)/t10-,11-/m0/s1. The van der Waals surface area contributed by atoms with Crippen LogP contribution in [-0.2, 0) is 9.47 Å². The van der Waals surface area contributed by atoms with Gasteiger partial charge in [-0.1, -0.05) is 35.5 Å².